The van der Waals surface area contributed by atoms with Gasteiger partial charge in [0.15, 0.2) is 0 Å². The zero-order chi connectivity index (χ0) is 6.54. The number of halogens is 1. The molecular weight excluding hydrogens is 119 g/mol. The molecule has 2 rings (SSSR count). The van der Waals surface area contributed by atoms with E-state index >= 15 is 0 Å². The molecule has 52 valence electrons. The molecule has 0 aromatic rings. The second kappa shape index (κ2) is 1.31. The summed E-state index contributed by atoms with van der Waals surface area (Å²) < 4.78 is 12.9. The van der Waals surface area contributed by atoms with E-state index in [2.05, 4.69) is 0 Å². The lowest BCUT2D eigenvalue weighted by Gasteiger charge is -2.40. The minimum absolute atomic E-state index is 0.269. The average molecular weight is 130 g/mol. The van der Waals surface area contributed by atoms with Gasteiger partial charge in [-0.05, 0) is 31.1 Å². The van der Waals surface area contributed by atoms with E-state index in [1.165, 1.54) is 12.8 Å². The van der Waals surface area contributed by atoms with Crippen molar-refractivity contribution in [3.8, 4) is 0 Å². The molecule has 2 aliphatic rings. The van der Waals surface area contributed by atoms with Gasteiger partial charge >= 0.3 is 0 Å². The van der Waals surface area contributed by atoms with Gasteiger partial charge in [-0.3, -0.25) is 0 Å². The lowest BCUT2D eigenvalue weighted by molar-refractivity contribution is -0.0509. The molecule has 1 N–H and O–H groups in total. The summed E-state index contributed by atoms with van der Waals surface area (Å²) in [4.78, 5) is 0. The summed E-state index contributed by atoms with van der Waals surface area (Å²) in [6, 6.07) is 0. The highest BCUT2D eigenvalue weighted by molar-refractivity contribution is 5.11. The fourth-order valence-electron chi connectivity index (χ4n) is 1.93. The molecule has 0 atom stereocenters. The molecular formula is C7H11FO. The number of hydrogen-bond donors (Lipinski definition) is 1. The van der Waals surface area contributed by atoms with E-state index in [0.29, 0.717) is 18.3 Å². The van der Waals surface area contributed by atoms with Crippen LogP contribution >= 0.6 is 0 Å². The van der Waals surface area contributed by atoms with Crippen molar-refractivity contribution in [2.45, 2.75) is 31.4 Å². The maximum Gasteiger partial charge on any atom is 0.135 e. The second-order valence-corrected chi connectivity index (χ2v) is 3.66. The van der Waals surface area contributed by atoms with E-state index in [9.17, 15) is 4.39 Å². The Bertz CT molecular complexity index is 132. The molecule has 0 aliphatic heterocycles. The SMILES string of the molecule is OCC1(F)CC2(CC2)C1. The first-order chi connectivity index (χ1) is 4.18. The molecule has 0 bridgehead atoms. The van der Waals surface area contributed by atoms with E-state index in [-0.39, 0.29) is 6.61 Å². The molecule has 1 spiro atoms. The van der Waals surface area contributed by atoms with E-state index < -0.39 is 5.67 Å². The normalized spacial score (nSPS) is 34.0. The van der Waals surface area contributed by atoms with Crippen LogP contribution in [0.4, 0.5) is 4.39 Å². The van der Waals surface area contributed by atoms with Crippen molar-refractivity contribution in [1.82, 2.24) is 0 Å². The van der Waals surface area contributed by atoms with Gasteiger partial charge in [-0.15, -0.1) is 0 Å². The van der Waals surface area contributed by atoms with Crippen LogP contribution in [-0.2, 0) is 0 Å². The number of alkyl halides is 1. The fraction of sp³-hybridized carbons (Fsp3) is 1.00. The first kappa shape index (κ1) is 5.66. The second-order valence-electron chi connectivity index (χ2n) is 3.66. The highest BCUT2D eigenvalue weighted by Crippen LogP contribution is 2.65. The minimum atomic E-state index is -1.18. The van der Waals surface area contributed by atoms with Crippen LogP contribution in [0.25, 0.3) is 0 Å². The standard InChI is InChI=1S/C7H11FO/c8-7(5-9)3-6(4-7)1-2-6/h9H,1-5H2. The molecule has 0 heterocycles. The summed E-state index contributed by atoms with van der Waals surface area (Å²) in [5.74, 6) is 0. The third-order valence-electron chi connectivity index (χ3n) is 2.62. The van der Waals surface area contributed by atoms with Crippen molar-refractivity contribution in [1.29, 1.82) is 0 Å². The summed E-state index contributed by atoms with van der Waals surface area (Å²) in [5.41, 5.74) is -0.812. The molecule has 2 heteroatoms. The number of hydrogen-bond acceptors (Lipinski definition) is 1. The quantitative estimate of drug-likeness (QED) is 0.566. The van der Waals surface area contributed by atoms with E-state index in [1.807, 2.05) is 0 Å². The zero-order valence-corrected chi connectivity index (χ0v) is 5.36. The monoisotopic (exact) mass is 130 g/mol. The van der Waals surface area contributed by atoms with Gasteiger partial charge in [0.05, 0.1) is 6.61 Å². The van der Waals surface area contributed by atoms with Gasteiger partial charge in [0.1, 0.15) is 5.67 Å². The van der Waals surface area contributed by atoms with Crippen molar-refractivity contribution < 1.29 is 9.50 Å². The molecule has 0 radical (unpaired) electrons. The molecule has 9 heavy (non-hydrogen) atoms. The Labute approximate surface area is 53.9 Å². The molecule has 0 aromatic heterocycles. The summed E-state index contributed by atoms with van der Waals surface area (Å²) in [6.07, 6.45) is 3.63. The summed E-state index contributed by atoms with van der Waals surface area (Å²) >= 11 is 0. The number of rotatable bonds is 1. The van der Waals surface area contributed by atoms with E-state index in [1.54, 1.807) is 0 Å². The smallest absolute Gasteiger partial charge is 0.135 e. The average Bonchev–Trinajstić information content (AvgIpc) is 2.46. The van der Waals surface area contributed by atoms with Gasteiger partial charge in [-0.25, -0.2) is 4.39 Å². The first-order valence-corrected chi connectivity index (χ1v) is 3.48. The molecule has 0 amide bonds. The minimum Gasteiger partial charge on any atom is -0.393 e. The fourth-order valence-corrected chi connectivity index (χ4v) is 1.93. The molecule has 0 aromatic carbocycles. The summed E-state index contributed by atoms with van der Waals surface area (Å²) in [7, 11) is 0. The van der Waals surface area contributed by atoms with Crippen LogP contribution in [-0.4, -0.2) is 17.4 Å². The van der Waals surface area contributed by atoms with E-state index in [4.69, 9.17) is 5.11 Å². The van der Waals surface area contributed by atoms with Crippen LogP contribution in [0.5, 0.6) is 0 Å². The van der Waals surface area contributed by atoms with Crippen LogP contribution in [0.1, 0.15) is 25.7 Å². The third-order valence-corrected chi connectivity index (χ3v) is 2.62. The van der Waals surface area contributed by atoms with Crippen LogP contribution in [0.3, 0.4) is 0 Å². The maximum atomic E-state index is 12.9. The topological polar surface area (TPSA) is 20.2 Å². The van der Waals surface area contributed by atoms with Gasteiger partial charge in [0, 0.05) is 0 Å². The lowest BCUT2D eigenvalue weighted by Crippen LogP contribution is -2.44. The van der Waals surface area contributed by atoms with Crippen LogP contribution in [0.15, 0.2) is 0 Å². The predicted octanol–water partition coefficient (Wildman–Crippen LogP) is 1.26. The molecule has 2 aliphatic carbocycles. The molecule has 1 nitrogen and oxygen atoms in total. The van der Waals surface area contributed by atoms with Gasteiger partial charge in [-0.2, -0.15) is 0 Å². The Morgan fingerprint density at radius 1 is 1.33 bits per heavy atom. The third kappa shape index (κ3) is 0.692. The molecule has 0 unspecified atom stereocenters. The highest BCUT2D eigenvalue weighted by atomic mass is 19.1. The molecule has 2 saturated carbocycles. The van der Waals surface area contributed by atoms with Gasteiger partial charge in [0.25, 0.3) is 0 Å². The first-order valence-electron chi connectivity index (χ1n) is 3.48. The maximum absolute atomic E-state index is 12.9. The van der Waals surface area contributed by atoms with Crippen molar-refractivity contribution in [3.63, 3.8) is 0 Å². The van der Waals surface area contributed by atoms with Gasteiger partial charge in [0.2, 0.25) is 0 Å². The summed E-state index contributed by atoms with van der Waals surface area (Å²) in [6.45, 7) is -0.269. The van der Waals surface area contributed by atoms with Crippen LogP contribution in [0.2, 0.25) is 0 Å². The van der Waals surface area contributed by atoms with Crippen LogP contribution < -0.4 is 0 Å². The number of aliphatic hydroxyl groups excluding tert-OH is 1. The molecule has 2 fully saturated rings. The zero-order valence-electron chi connectivity index (χ0n) is 5.36. The lowest BCUT2D eigenvalue weighted by atomic mass is 9.70. The Morgan fingerprint density at radius 3 is 2.22 bits per heavy atom. The van der Waals surface area contributed by atoms with Crippen molar-refractivity contribution >= 4 is 0 Å². The Morgan fingerprint density at radius 2 is 1.89 bits per heavy atom. The van der Waals surface area contributed by atoms with Crippen LogP contribution in [0, 0.1) is 5.41 Å². The number of aliphatic hydroxyl groups is 1. The Kier molecular flexibility index (Phi) is 0.825. The van der Waals surface area contributed by atoms with Gasteiger partial charge < -0.3 is 5.11 Å². The predicted molar refractivity (Wildman–Crippen MR) is 31.8 cm³/mol. The molecule has 0 saturated heterocycles. The van der Waals surface area contributed by atoms with Crippen molar-refractivity contribution in [3.05, 3.63) is 0 Å². The van der Waals surface area contributed by atoms with Gasteiger partial charge in [-0.1, -0.05) is 0 Å². The summed E-state index contributed by atoms with van der Waals surface area (Å²) in [5, 5.41) is 8.53. The Hall–Kier alpha value is -0.110. The largest absolute Gasteiger partial charge is 0.393 e. The Balaban J connectivity index is 1.95. The van der Waals surface area contributed by atoms with Crippen molar-refractivity contribution in [2.24, 2.45) is 5.41 Å². The highest BCUT2D eigenvalue weighted by Gasteiger charge is 2.61. The van der Waals surface area contributed by atoms with E-state index in [0.717, 1.165) is 0 Å². The van der Waals surface area contributed by atoms with Crippen molar-refractivity contribution in [2.75, 3.05) is 6.61 Å².